The molecule has 2 aliphatic rings. The third kappa shape index (κ3) is 5.94. The first-order valence-electron chi connectivity index (χ1n) is 14.1. The molecule has 0 saturated heterocycles. The molecule has 0 aliphatic heterocycles. The molecule has 214 valence electrons. The summed E-state index contributed by atoms with van der Waals surface area (Å²) in [7, 11) is 0. The van der Waals surface area contributed by atoms with Crippen LogP contribution in [0.25, 0.3) is 11.1 Å². The van der Waals surface area contributed by atoms with E-state index in [-0.39, 0.29) is 24.8 Å². The monoisotopic (exact) mass is 708 g/mol. The molecule has 0 spiro atoms. The molecule has 2 aliphatic carbocycles. The van der Waals surface area contributed by atoms with Crippen LogP contribution in [0.15, 0.2) is 118 Å². The first-order chi connectivity index (χ1) is 19.3. The van der Waals surface area contributed by atoms with Gasteiger partial charge in [0.25, 0.3) is 0 Å². The maximum absolute atomic E-state index is 6.38. The van der Waals surface area contributed by atoms with Crippen molar-refractivity contribution in [3.8, 4) is 11.1 Å². The zero-order chi connectivity index (χ0) is 28.0. The van der Waals surface area contributed by atoms with Gasteiger partial charge in [-0.3, -0.25) is 0 Å². The Hall–Kier alpha value is -1.86. The number of rotatable bonds is 5. The van der Waals surface area contributed by atoms with Gasteiger partial charge in [0.05, 0.1) is 0 Å². The van der Waals surface area contributed by atoms with E-state index in [0.29, 0.717) is 15.5 Å². The van der Waals surface area contributed by atoms with E-state index in [1.165, 1.54) is 44.5 Å². The number of halogens is 4. The largest absolute Gasteiger partial charge is 1.00 e. The maximum Gasteiger partial charge on any atom is -1.00 e. The summed E-state index contributed by atoms with van der Waals surface area (Å²) in [6, 6.07) is 35.1. The van der Waals surface area contributed by atoms with Crippen LogP contribution >= 0.6 is 23.2 Å². The first-order valence-corrected chi connectivity index (χ1v) is 20.4. The standard InChI is InChI=1S/C13H9.C10H15.2C7H5Cl.2ClH.Zr/c1-3-7-12-10(5-1)9-11-6-2-4-8-13(11)12;1-7(2)10-6-8(3)5-9(10)4;2*1-6-2-4-7(8)5-3-6;;;/h1-9H;6-8H,1-4H3;2*1-5H;2*1H;/q;;;;;;+2/p-2. The van der Waals surface area contributed by atoms with Crippen LogP contribution in [-0.4, -0.2) is 7.42 Å². The molecular formula is C37H34Cl4Zr. The Bertz CT molecular complexity index is 1680. The second kappa shape index (κ2) is 13.4. The summed E-state index contributed by atoms with van der Waals surface area (Å²) in [4.78, 5) is 0. The van der Waals surface area contributed by atoms with Gasteiger partial charge >= 0.3 is 254 Å². The molecular weight excluding hydrogens is 677 g/mol. The van der Waals surface area contributed by atoms with Crippen molar-refractivity contribution in [2.75, 3.05) is 0 Å². The molecule has 0 aromatic heterocycles. The van der Waals surface area contributed by atoms with Crippen molar-refractivity contribution in [1.29, 1.82) is 0 Å². The van der Waals surface area contributed by atoms with Crippen LogP contribution in [0.5, 0.6) is 0 Å². The van der Waals surface area contributed by atoms with Gasteiger partial charge in [-0.05, 0) is 0 Å². The van der Waals surface area contributed by atoms with Gasteiger partial charge in [0.2, 0.25) is 0 Å². The molecule has 42 heavy (non-hydrogen) atoms. The molecule has 0 nitrogen and oxygen atoms in total. The summed E-state index contributed by atoms with van der Waals surface area (Å²) < 4.78 is 7.38. The van der Waals surface area contributed by atoms with E-state index in [9.17, 15) is 0 Å². The normalized spacial score (nSPS) is 15.1. The van der Waals surface area contributed by atoms with Gasteiger partial charge in [-0.2, -0.15) is 0 Å². The summed E-state index contributed by atoms with van der Waals surface area (Å²) in [5.41, 5.74) is 11.2. The van der Waals surface area contributed by atoms with Gasteiger partial charge < -0.3 is 24.8 Å². The molecule has 0 heterocycles. The molecule has 0 N–H and O–H groups in total. The molecule has 0 radical (unpaired) electrons. The van der Waals surface area contributed by atoms with Gasteiger partial charge in [0.15, 0.2) is 0 Å². The average Bonchev–Trinajstić information content (AvgIpc) is 3.45. The topological polar surface area (TPSA) is 0 Å². The van der Waals surface area contributed by atoms with Crippen molar-refractivity contribution < 1.29 is 44.1 Å². The number of benzene rings is 4. The van der Waals surface area contributed by atoms with Crippen LogP contribution in [0.2, 0.25) is 10.0 Å². The van der Waals surface area contributed by atoms with E-state index in [1.807, 2.05) is 24.3 Å². The van der Waals surface area contributed by atoms with E-state index in [1.54, 1.807) is 3.28 Å². The second-order valence-corrected chi connectivity index (χ2v) is 21.2. The summed E-state index contributed by atoms with van der Waals surface area (Å²) in [6.45, 7) is 9.45. The molecule has 0 amide bonds. The zero-order valence-corrected chi connectivity index (χ0v) is 29.7. The Balaban J connectivity index is 0.00000202. The Morgan fingerprint density at radius 1 is 0.667 bits per heavy atom. The molecule has 4 aromatic carbocycles. The molecule has 1 atom stereocenters. The predicted octanol–water partition coefficient (Wildman–Crippen LogP) is 4.43. The second-order valence-electron chi connectivity index (χ2n) is 11.5. The van der Waals surface area contributed by atoms with Crippen LogP contribution in [0, 0.1) is 11.8 Å². The van der Waals surface area contributed by atoms with E-state index >= 15 is 0 Å². The minimum atomic E-state index is -3.80. The summed E-state index contributed by atoms with van der Waals surface area (Å²) in [5, 5.41) is 1.54. The van der Waals surface area contributed by atoms with E-state index in [4.69, 9.17) is 23.2 Å². The van der Waals surface area contributed by atoms with Crippen molar-refractivity contribution in [2.24, 2.45) is 11.8 Å². The minimum absolute atomic E-state index is 0. The number of fused-ring (bicyclic) bond motifs is 3. The van der Waals surface area contributed by atoms with Gasteiger partial charge in [-0.1, -0.05) is 0 Å². The van der Waals surface area contributed by atoms with Crippen molar-refractivity contribution in [3.05, 3.63) is 150 Å². The Kier molecular flexibility index (Phi) is 10.6. The van der Waals surface area contributed by atoms with Crippen molar-refractivity contribution in [3.63, 3.8) is 0 Å². The number of hydrogen-bond donors (Lipinski definition) is 0. The van der Waals surface area contributed by atoms with Crippen LogP contribution < -0.4 is 24.8 Å². The predicted molar refractivity (Wildman–Crippen MR) is 172 cm³/mol. The Morgan fingerprint density at radius 3 is 1.50 bits per heavy atom. The average molecular weight is 712 g/mol. The third-order valence-corrected chi connectivity index (χ3v) is 21.4. The minimum Gasteiger partial charge on any atom is -1.00 e. The summed E-state index contributed by atoms with van der Waals surface area (Å²) in [5.74, 6) is 0.860. The summed E-state index contributed by atoms with van der Waals surface area (Å²) >= 11 is 8.96. The molecule has 0 saturated carbocycles. The molecule has 1 unspecified atom stereocenters. The van der Waals surface area contributed by atoms with Crippen LogP contribution in [0.3, 0.4) is 0 Å². The van der Waals surface area contributed by atoms with Crippen molar-refractivity contribution in [1.82, 2.24) is 0 Å². The quantitative estimate of drug-likeness (QED) is 0.288. The molecule has 6 rings (SSSR count). The SMILES string of the molecule is CC1=[C]([Zr+2](=[CH]c2ccc(Cl)cc2)(=[CH]c2ccc(Cl)cc2)[CH]2c3ccccc3-c3ccccc32)C(C)C=C1C(C)C.[Cl-].[Cl-]. The molecule has 0 fully saturated rings. The summed E-state index contributed by atoms with van der Waals surface area (Å²) in [6.07, 6.45) is 2.54. The smallest absolute Gasteiger partial charge is 1.00 e. The third-order valence-electron chi connectivity index (χ3n) is 8.67. The fourth-order valence-electron chi connectivity index (χ4n) is 7.18. The van der Waals surface area contributed by atoms with E-state index in [2.05, 4.69) is 114 Å². The van der Waals surface area contributed by atoms with Gasteiger partial charge in [0, 0.05) is 0 Å². The Morgan fingerprint density at radius 2 is 1.10 bits per heavy atom. The fraction of sp³-hybridized carbons (Fsp3) is 0.189. The van der Waals surface area contributed by atoms with Gasteiger partial charge in [0.1, 0.15) is 0 Å². The van der Waals surface area contributed by atoms with Gasteiger partial charge in [-0.15, -0.1) is 0 Å². The fourth-order valence-corrected chi connectivity index (χ4v) is 21.5. The van der Waals surface area contributed by atoms with E-state index in [0.717, 1.165) is 10.0 Å². The van der Waals surface area contributed by atoms with Crippen molar-refractivity contribution >= 4 is 30.6 Å². The first kappa shape index (κ1) is 33.0. The van der Waals surface area contributed by atoms with Crippen LogP contribution in [0.1, 0.15) is 53.6 Å². The molecule has 5 heteroatoms. The van der Waals surface area contributed by atoms with Crippen molar-refractivity contribution in [2.45, 2.75) is 31.3 Å². The van der Waals surface area contributed by atoms with E-state index < -0.39 is 19.3 Å². The molecule has 4 aromatic rings. The number of allylic oxidation sites excluding steroid dienone is 4. The molecule has 0 bridgehead atoms. The maximum atomic E-state index is 6.38. The Labute approximate surface area is 276 Å². The number of hydrogen-bond acceptors (Lipinski definition) is 0. The van der Waals surface area contributed by atoms with Crippen LogP contribution in [-0.2, 0) is 19.3 Å². The van der Waals surface area contributed by atoms with Gasteiger partial charge in [-0.25, -0.2) is 0 Å². The zero-order valence-electron chi connectivity index (χ0n) is 24.2. The van der Waals surface area contributed by atoms with Crippen LogP contribution in [0.4, 0.5) is 0 Å².